The zero-order valence-electron chi connectivity index (χ0n) is 16.1. The minimum atomic E-state index is -1.02. The van der Waals surface area contributed by atoms with Crippen LogP contribution in [0.2, 0.25) is 0 Å². The highest BCUT2D eigenvalue weighted by atomic mass is 32.1. The van der Waals surface area contributed by atoms with Crippen molar-refractivity contribution in [3.63, 3.8) is 0 Å². The first kappa shape index (κ1) is 20.6. The van der Waals surface area contributed by atoms with Gasteiger partial charge in [-0.05, 0) is 64.0 Å². The Bertz CT molecular complexity index is 658. The van der Waals surface area contributed by atoms with Gasteiger partial charge in [0.1, 0.15) is 5.60 Å². The summed E-state index contributed by atoms with van der Waals surface area (Å²) in [7, 11) is 0. The summed E-state index contributed by atoms with van der Waals surface area (Å²) in [6.07, 6.45) is 4.38. The molecule has 1 aromatic heterocycles. The second-order valence-corrected chi connectivity index (χ2v) is 8.45. The summed E-state index contributed by atoms with van der Waals surface area (Å²) in [4.78, 5) is 16.4. The van der Waals surface area contributed by atoms with Gasteiger partial charge in [0.2, 0.25) is 0 Å². The Morgan fingerprint density at radius 3 is 2.77 bits per heavy atom. The van der Waals surface area contributed by atoms with Gasteiger partial charge in [-0.3, -0.25) is 4.98 Å². The predicted molar refractivity (Wildman–Crippen MR) is 106 cm³/mol. The van der Waals surface area contributed by atoms with E-state index in [4.69, 9.17) is 17.0 Å². The van der Waals surface area contributed by atoms with Crippen LogP contribution in [0.15, 0.2) is 18.5 Å². The monoisotopic (exact) mass is 379 g/mol. The molecule has 0 aromatic carbocycles. The van der Waals surface area contributed by atoms with Crippen molar-refractivity contribution in [2.24, 2.45) is 5.92 Å². The summed E-state index contributed by atoms with van der Waals surface area (Å²) in [5.41, 5.74) is 1.80. The van der Waals surface area contributed by atoms with Crippen molar-refractivity contribution in [1.82, 2.24) is 10.3 Å². The lowest BCUT2D eigenvalue weighted by Crippen LogP contribution is -2.58. The van der Waals surface area contributed by atoms with Crippen LogP contribution < -0.4 is 10.6 Å². The second-order valence-electron chi connectivity index (χ2n) is 8.22. The second kappa shape index (κ2) is 7.88. The van der Waals surface area contributed by atoms with Gasteiger partial charge < -0.3 is 20.5 Å². The molecule has 2 rings (SSSR count). The van der Waals surface area contributed by atoms with E-state index in [9.17, 15) is 9.90 Å². The Kier molecular flexibility index (Phi) is 6.24. The van der Waals surface area contributed by atoms with Crippen LogP contribution in [-0.4, -0.2) is 38.9 Å². The number of ether oxygens (including phenoxy) is 1. The fraction of sp³-hybridized carbons (Fsp3) is 0.632. The van der Waals surface area contributed by atoms with Crippen molar-refractivity contribution < 1.29 is 14.6 Å². The average Bonchev–Trinajstić information content (AvgIpc) is 2.51. The van der Waals surface area contributed by atoms with Gasteiger partial charge in [0.05, 0.1) is 29.0 Å². The standard InChI is InChI=1S/C19H29N3O3S/c1-12-8-13(14-6-7-20-10-15(14)21-11-26)9-16(19(12,5)24)22-17(23)25-18(2,3)4/h6-7,10-13,16,24H,8-9H2,1-5H3,(H,21,26)(H,22,23). The van der Waals surface area contributed by atoms with E-state index in [-0.39, 0.29) is 11.8 Å². The number of hydrogen-bond acceptors (Lipinski definition) is 5. The maximum atomic E-state index is 12.2. The van der Waals surface area contributed by atoms with Crippen LogP contribution in [0, 0.1) is 5.92 Å². The minimum absolute atomic E-state index is 0.00492. The van der Waals surface area contributed by atoms with E-state index >= 15 is 0 Å². The highest BCUT2D eigenvalue weighted by Crippen LogP contribution is 2.43. The Morgan fingerprint density at radius 2 is 2.15 bits per heavy atom. The van der Waals surface area contributed by atoms with Gasteiger partial charge >= 0.3 is 6.09 Å². The van der Waals surface area contributed by atoms with Gasteiger partial charge in [-0.1, -0.05) is 19.1 Å². The fourth-order valence-corrected chi connectivity index (χ4v) is 3.61. The number of nitrogens with one attached hydrogen (secondary N) is 2. The number of anilines is 1. The summed E-state index contributed by atoms with van der Waals surface area (Å²) >= 11 is 4.91. The molecule has 144 valence electrons. The normalized spacial score (nSPS) is 28.9. The third-order valence-electron chi connectivity index (χ3n) is 5.06. The molecule has 4 atom stereocenters. The molecule has 0 saturated heterocycles. The zero-order valence-corrected chi connectivity index (χ0v) is 16.9. The molecule has 4 unspecified atom stereocenters. The van der Waals surface area contributed by atoms with E-state index in [0.29, 0.717) is 6.42 Å². The number of hydrogen-bond donors (Lipinski definition) is 3. The summed E-state index contributed by atoms with van der Waals surface area (Å²) in [5, 5.41) is 16.9. The number of carbonyl (C=O) groups is 1. The molecule has 1 heterocycles. The van der Waals surface area contributed by atoms with Gasteiger partial charge in [-0.25, -0.2) is 4.79 Å². The Labute approximate surface area is 160 Å². The lowest BCUT2D eigenvalue weighted by atomic mass is 9.67. The summed E-state index contributed by atoms with van der Waals surface area (Å²) in [6, 6.07) is 1.54. The number of carbonyl (C=O) groups excluding carboxylic acids is 1. The molecule has 26 heavy (non-hydrogen) atoms. The maximum absolute atomic E-state index is 12.2. The van der Waals surface area contributed by atoms with Gasteiger partial charge in [-0.2, -0.15) is 0 Å². The molecule has 1 aliphatic carbocycles. The van der Waals surface area contributed by atoms with Crippen LogP contribution in [0.1, 0.15) is 58.9 Å². The van der Waals surface area contributed by atoms with Crippen molar-refractivity contribution in [3.05, 3.63) is 24.0 Å². The van der Waals surface area contributed by atoms with E-state index in [1.807, 2.05) is 33.8 Å². The third-order valence-corrected chi connectivity index (χ3v) is 5.18. The molecule has 0 aliphatic heterocycles. The number of rotatable bonds is 4. The number of amides is 1. The number of alkyl carbamates (subject to hydrolysis) is 1. The number of pyridine rings is 1. The van der Waals surface area contributed by atoms with E-state index < -0.39 is 23.3 Å². The lowest BCUT2D eigenvalue weighted by molar-refractivity contribution is -0.0597. The van der Waals surface area contributed by atoms with Crippen LogP contribution in [-0.2, 0) is 4.74 Å². The molecule has 7 heteroatoms. The van der Waals surface area contributed by atoms with Crippen molar-refractivity contribution in [2.45, 2.75) is 70.6 Å². The number of nitrogens with zero attached hydrogens (tertiary/aromatic N) is 1. The average molecular weight is 380 g/mol. The summed E-state index contributed by atoms with van der Waals surface area (Å²) in [6.45, 7) is 9.23. The van der Waals surface area contributed by atoms with E-state index in [0.717, 1.165) is 17.7 Å². The van der Waals surface area contributed by atoms with Crippen LogP contribution >= 0.6 is 12.2 Å². The molecular formula is C19H29N3O3S. The molecule has 6 nitrogen and oxygen atoms in total. The minimum Gasteiger partial charge on any atom is -0.444 e. The van der Waals surface area contributed by atoms with E-state index in [2.05, 4.69) is 15.6 Å². The molecule has 1 amide bonds. The molecule has 0 spiro atoms. The summed E-state index contributed by atoms with van der Waals surface area (Å²) < 4.78 is 5.37. The molecule has 1 aliphatic rings. The Morgan fingerprint density at radius 1 is 1.46 bits per heavy atom. The smallest absolute Gasteiger partial charge is 0.407 e. The van der Waals surface area contributed by atoms with Crippen LogP contribution in [0.25, 0.3) is 0 Å². The van der Waals surface area contributed by atoms with E-state index in [1.165, 1.54) is 5.49 Å². The molecule has 0 radical (unpaired) electrons. The third kappa shape index (κ3) is 4.92. The first-order valence-corrected chi connectivity index (χ1v) is 9.37. The Balaban J connectivity index is 2.23. The Hall–Kier alpha value is -1.73. The van der Waals surface area contributed by atoms with Gasteiger partial charge in [0.25, 0.3) is 0 Å². The van der Waals surface area contributed by atoms with Gasteiger partial charge in [0, 0.05) is 6.20 Å². The van der Waals surface area contributed by atoms with Crippen LogP contribution in [0.5, 0.6) is 0 Å². The van der Waals surface area contributed by atoms with Crippen molar-refractivity contribution in [1.29, 1.82) is 0 Å². The molecule has 1 fully saturated rings. The SMILES string of the molecule is CC1CC(c2ccncc2NC=S)CC(NC(=O)OC(C)(C)C)C1(C)O. The number of thiocarbonyl (C=S) groups is 1. The summed E-state index contributed by atoms with van der Waals surface area (Å²) in [5.74, 6) is 0.153. The first-order valence-electron chi connectivity index (χ1n) is 8.90. The molecule has 0 bridgehead atoms. The largest absolute Gasteiger partial charge is 0.444 e. The van der Waals surface area contributed by atoms with Crippen LogP contribution in [0.3, 0.4) is 0 Å². The van der Waals surface area contributed by atoms with E-state index in [1.54, 1.807) is 19.3 Å². The highest BCUT2D eigenvalue weighted by molar-refractivity contribution is 7.79. The molecule has 3 N–H and O–H groups in total. The highest BCUT2D eigenvalue weighted by Gasteiger charge is 2.45. The molecule has 1 saturated carbocycles. The zero-order chi connectivity index (χ0) is 19.5. The van der Waals surface area contributed by atoms with Gasteiger partial charge in [-0.15, -0.1) is 0 Å². The fourth-order valence-electron chi connectivity index (χ4n) is 3.48. The number of aliphatic hydroxyl groups is 1. The van der Waals surface area contributed by atoms with Crippen molar-refractivity contribution in [2.75, 3.05) is 5.32 Å². The first-order chi connectivity index (χ1) is 12.0. The number of aromatic nitrogens is 1. The molecule has 1 aromatic rings. The molecular weight excluding hydrogens is 350 g/mol. The topological polar surface area (TPSA) is 83.5 Å². The predicted octanol–water partition coefficient (Wildman–Crippen LogP) is 3.61. The maximum Gasteiger partial charge on any atom is 0.407 e. The van der Waals surface area contributed by atoms with Gasteiger partial charge in [0.15, 0.2) is 0 Å². The quantitative estimate of drug-likeness (QED) is 0.693. The van der Waals surface area contributed by atoms with Crippen LogP contribution in [0.4, 0.5) is 10.5 Å². The van der Waals surface area contributed by atoms with Crippen molar-refractivity contribution >= 4 is 29.5 Å². The van der Waals surface area contributed by atoms with Crippen molar-refractivity contribution in [3.8, 4) is 0 Å². The lowest BCUT2D eigenvalue weighted by Gasteiger charge is -2.46.